The van der Waals surface area contributed by atoms with Gasteiger partial charge in [-0.15, -0.1) is 16.7 Å². The van der Waals surface area contributed by atoms with Crippen molar-refractivity contribution in [3.8, 4) is 11.4 Å². The van der Waals surface area contributed by atoms with Gasteiger partial charge in [0.15, 0.2) is 5.82 Å². The molecule has 9 nitrogen and oxygen atoms in total. The van der Waals surface area contributed by atoms with Crippen LogP contribution in [0.15, 0.2) is 66.7 Å². The predicted molar refractivity (Wildman–Crippen MR) is 154 cm³/mol. The molecule has 3 N–H and O–H groups in total. The lowest BCUT2D eigenvalue weighted by atomic mass is 9.79. The number of carbonyl (C=O) groups is 2. The quantitative estimate of drug-likeness (QED) is 0.222. The summed E-state index contributed by atoms with van der Waals surface area (Å²) in [6.45, 7) is 4.36. The van der Waals surface area contributed by atoms with Crippen molar-refractivity contribution in [2.24, 2.45) is 5.41 Å². The summed E-state index contributed by atoms with van der Waals surface area (Å²) in [6.07, 6.45) is -0.411. The molecule has 2 amide bonds. The van der Waals surface area contributed by atoms with E-state index in [4.69, 9.17) is 27.9 Å². The van der Waals surface area contributed by atoms with E-state index in [1.165, 1.54) is 0 Å². The minimum absolute atomic E-state index is 0.149. The van der Waals surface area contributed by atoms with Gasteiger partial charge in [-0.1, -0.05) is 61.8 Å². The van der Waals surface area contributed by atoms with E-state index in [0.717, 1.165) is 16.7 Å². The van der Waals surface area contributed by atoms with Gasteiger partial charge in [0, 0.05) is 27.5 Å². The molecule has 0 bridgehead atoms. The molecule has 2 heterocycles. The minimum atomic E-state index is -0.957. The molecule has 0 radical (unpaired) electrons. The first kappa shape index (κ1) is 27.8. The Morgan fingerprint density at radius 3 is 2.75 bits per heavy atom. The van der Waals surface area contributed by atoms with Crippen molar-refractivity contribution in [1.29, 1.82) is 0 Å². The zero-order chi connectivity index (χ0) is 28.3. The van der Waals surface area contributed by atoms with Gasteiger partial charge in [0.05, 0.1) is 18.4 Å². The zero-order valence-electron chi connectivity index (χ0n) is 21.9. The summed E-state index contributed by atoms with van der Waals surface area (Å²) >= 11 is 13.4. The molecule has 0 spiro atoms. The van der Waals surface area contributed by atoms with Crippen LogP contribution >= 0.6 is 23.2 Å². The molecule has 2 atom stereocenters. The molecule has 0 aliphatic carbocycles. The van der Waals surface area contributed by atoms with Gasteiger partial charge in [-0.25, -0.2) is 5.10 Å². The Kier molecular flexibility index (Phi) is 8.16. The molecule has 1 aliphatic rings. The fraction of sp³-hybridized carbons (Fsp3) is 0.276. The lowest BCUT2D eigenvalue weighted by Gasteiger charge is -2.31. The number of H-pyrrole nitrogens is 1. The Morgan fingerprint density at radius 1 is 1.15 bits per heavy atom. The maximum atomic E-state index is 12.9. The highest BCUT2D eigenvalue weighted by Crippen LogP contribution is 2.43. The average molecular weight is 579 g/mol. The van der Waals surface area contributed by atoms with E-state index in [0.29, 0.717) is 34.2 Å². The maximum Gasteiger partial charge on any atom is 0.254 e. The Labute approximate surface area is 241 Å². The number of nitrogens with one attached hydrogen (secondary N) is 3. The van der Waals surface area contributed by atoms with Crippen LogP contribution in [0.5, 0.6) is 0 Å². The van der Waals surface area contributed by atoms with Gasteiger partial charge in [0.25, 0.3) is 5.91 Å². The van der Waals surface area contributed by atoms with Crippen molar-refractivity contribution in [2.45, 2.75) is 44.8 Å². The van der Waals surface area contributed by atoms with E-state index in [1.54, 1.807) is 18.2 Å². The van der Waals surface area contributed by atoms with Gasteiger partial charge in [-0.05, 0) is 63.7 Å². The fourth-order valence-corrected chi connectivity index (χ4v) is 5.14. The molecular formula is C29H28Cl2N6O3. The number of nitrogens with zero attached hydrogens (tertiary/aromatic N) is 3. The van der Waals surface area contributed by atoms with Crippen LogP contribution in [0.1, 0.15) is 42.3 Å². The van der Waals surface area contributed by atoms with Gasteiger partial charge in [-0.3, -0.25) is 9.59 Å². The lowest BCUT2D eigenvalue weighted by Crippen LogP contribution is -2.32. The number of anilines is 2. The number of aromatic nitrogens is 4. The second-order valence-corrected chi connectivity index (χ2v) is 11.3. The number of fused-ring (bicyclic) bond motifs is 1. The third-order valence-corrected chi connectivity index (χ3v) is 8.05. The number of benzene rings is 3. The summed E-state index contributed by atoms with van der Waals surface area (Å²) in [5.41, 5.74) is 4.33. The Balaban J connectivity index is 1.24. The summed E-state index contributed by atoms with van der Waals surface area (Å²) < 4.78 is 5.90. The van der Waals surface area contributed by atoms with E-state index >= 15 is 0 Å². The number of tetrazole rings is 1. The largest absolute Gasteiger partial charge is 0.363 e. The van der Waals surface area contributed by atoms with Crippen molar-refractivity contribution in [1.82, 2.24) is 20.6 Å². The van der Waals surface area contributed by atoms with Crippen molar-refractivity contribution in [2.75, 3.05) is 10.6 Å². The second-order valence-electron chi connectivity index (χ2n) is 10.4. The number of carbonyl (C=O) groups excluding carboxylic acids is 2. The topological polar surface area (TPSA) is 122 Å². The maximum absolute atomic E-state index is 12.9. The number of hydrogen-bond donors (Lipinski definition) is 3. The average Bonchev–Trinajstić information content (AvgIpc) is 3.43. The van der Waals surface area contributed by atoms with E-state index in [1.807, 2.05) is 48.5 Å². The first-order valence-corrected chi connectivity index (χ1v) is 13.6. The van der Waals surface area contributed by atoms with E-state index in [9.17, 15) is 9.59 Å². The van der Waals surface area contributed by atoms with Crippen molar-refractivity contribution >= 4 is 46.4 Å². The highest BCUT2D eigenvalue weighted by atomic mass is 35.5. The molecule has 0 fully saturated rings. The number of rotatable bonds is 8. The number of hydrogen-bond acceptors (Lipinski definition) is 6. The van der Waals surface area contributed by atoms with Crippen LogP contribution in [-0.2, 0) is 27.4 Å². The van der Waals surface area contributed by atoms with Crippen LogP contribution in [0, 0.1) is 5.41 Å². The van der Waals surface area contributed by atoms with Crippen LogP contribution in [0.4, 0.5) is 11.4 Å². The van der Waals surface area contributed by atoms with E-state index < -0.39 is 6.10 Å². The van der Waals surface area contributed by atoms with Crippen molar-refractivity contribution < 1.29 is 14.3 Å². The number of aromatic amines is 1. The molecule has 2 unspecified atom stereocenters. The lowest BCUT2D eigenvalue weighted by molar-refractivity contribution is -0.132. The molecule has 1 aliphatic heterocycles. The standard InChI is InChI=1S/C29H28Cl2N6O3/c1-29(2,15-19-6-3-4-9-22(19)30)26(31)17-10-11-23-20(12-17)16-40-24(28(39)33-23)14-25(38)32-21-8-5-7-18(13-21)27-34-36-37-35-27/h3-13,24,26H,14-16H2,1-2H3,(H,32,38)(H,33,39)(H,34,35,36,37). The molecule has 1 aromatic heterocycles. The Bertz CT molecular complexity index is 1530. The highest BCUT2D eigenvalue weighted by molar-refractivity contribution is 6.31. The second kappa shape index (κ2) is 11.8. The summed E-state index contributed by atoms with van der Waals surface area (Å²) in [7, 11) is 0. The van der Waals surface area contributed by atoms with Gasteiger partial charge < -0.3 is 15.4 Å². The summed E-state index contributed by atoms with van der Waals surface area (Å²) in [4.78, 5) is 25.7. The molecule has 11 heteroatoms. The fourth-order valence-electron chi connectivity index (χ4n) is 4.72. The Hall–Kier alpha value is -3.79. The van der Waals surface area contributed by atoms with E-state index in [-0.39, 0.29) is 35.6 Å². The van der Waals surface area contributed by atoms with Gasteiger partial charge >= 0.3 is 0 Å². The van der Waals surface area contributed by atoms with Crippen molar-refractivity contribution in [3.05, 3.63) is 88.4 Å². The van der Waals surface area contributed by atoms with Crippen LogP contribution in [0.25, 0.3) is 11.4 Å². The normalized spacial score (nSPS) is 16.0. The van der Waals surface area contributed by atoms with Gasteiger partial charge in [-0.2, -0.15) is 0 Å². The number of alkyl halides is 1. The zero-order valence-corrected chi connectivity index (χ0v) is 23.5. The van der Waals surface area contributed by atoms with Crippen molar-refractivity contribution in [3.63, 3.8) is 0 Å². The molecule has 0 saturated heterocycles. The first-order chi connectivity index (χ1) is 19.2. The first-order valence-electron chi connectivity index (χ1n) is 12.8. The number of ether oxygens (including phenoxy) is 1. The molecule has 3 aromatic carbocycles. The predicted octanol–water partition coefficient (Wildman–Crippen LogP) is 5.94. The third-order valence-electron chi connectivity index (χ3n) is 6.84. The monoisotopic (exact) mass is 578 g/mol. The summed E-state index contributed by atoms with van der Waals surface area (Å²) in [5.74, 6) is -0.266. The molecular weight excluding hydrogens is 551 g/mol. The van der Waals surface area contributed by atoms with Crippen LogP contribution in [-0.4, -0.2) is 38.5 Å². The minimum Gasteiger partial charge on any atom is -0.363 e. The number of halogens is 2. The smallest absolute Gasteiger partial charge is 0.254 e. The molecule has 0 saturated carbocycles. The molecule has 40 heavy (non-hydrogen) atoms. The van der Waals surface area contributed by atoms with Gasteiger partial charge in [0.2, 0.25) is 5.91 Å². The van der Waals surface area contributed by atoms with Crippen LogP contribution in [0.2, 0.25) is 5.02 Å². The summed E-state index contributed by atoms with van der Waals surface area (Å²) in [6, 6.07) is 20.5. The third kappa shape index (κ3) is 6.33. The Morgan fingerprint density at radius 2 is 1.98 bits per heavy atom. The SMILES string of the molecule is CC(C)(Cc1ccccc1Cl)C(Cl)c1ccc2c(c1)COC(CC(=O)Nc1cccc(-c3nnn[nH]3)c1)C(=O)N2. The molecule has 206 valence electrons. The highest BCUT2D eigenvalue weighted by Gasteiger charge is 2.32. The van der Waals surface area contributed by atoms with Crippen LogP contribution < -0.4 is 10.6 Å². The molecule has 5 rings (SSSR count). The number of amides is 2. The van der Waals surface area contributed by atoms with E-state index in [2.05, 4.69) is 45.1 Å². The molecule has 4 aromatic rings. The summed E-state index contributed by atoms with van der Waals surface area (Å²) in [5, 5.41) is 19.8. The van der Waals surface area contributed by atoms with Crippen LogP contribution in [0.3, 0.4) is 0 Å². The van der Waals surface area contributed by atoms with Gasteiger partial charge in [0.1, 0.15) is 6.10 Å².